The van der Waals surface area contributed by atoms with Gasteiger partial charge in [0.2, 0.25) is 0 Å². The van der Waals surface area contributed by atoms with E-state index in [1.54, 1.807) is 0 Å². The highest BCUT2D eigenvalue weighted by atomic mass is 35.5. The minimum atomic E-state index is -0.447. The standard InChI is InChI=1S/C16H24ClN3O/c1-2-5-14-18-13(17)10-15(19-14)20-9-8-16(21)7-4-3-6-12(16)11-20/h10,12,21H,2-9,11H2,1H3. The number of aliphatic hydroxyl groups is 1. The van der Waals surface area contributed by atoms with Crippen LogP contribution in [0.2, 0.25) is 5.15 Å². The number of halogens is 1. The van der Waals surface area contributed by atoms with Gasteiger partial charge in [0.1, 0.15) is 16.8 Å². The van der Waals surface area contributed by atoms with Gasteiger partial charge in [0.15, 0.2) is 0 Å². The number of rotatable bonds is 3. The van der Waals surface area contributed by atoms with Crippen LogP contribution in [-0.2, 0) is 6.42 Å². The molecule has 0 bridgehead atoms. The molecule has 1 saturated heterocycles. The Morgan fingerprint density at radius 1 is 1.38 bits per heavy atom. The van der Waals surface area contributed by atoms with Crippen molar-refractivity contribution < 1.29 is 5.11 Å². The van der Waals surface area contributed by atoms with Gasteiger partial charge < -0.3 is 10.0 Å². The van der Waals surface area contributed by atoms with Gasteiger partial charge >= 0.3 is 0 Å². The van der Waals surface area contributed by atoms with E-state index in [1.165, 1.54) is 6.42 Å². The molecule has 4 nitrogen and oxygen atoms in total. The van der Waals surface area contributed by atoms with E-state index in [2.05, 4.69) is 21.8 Å². The molecule has 2 atom stereocenters. The van der Waals surface area contributed by atoms with Crippen molar-refractivity contribution in [3.8, 4) is 0 Å². The average Bonchev–Trinajstić information content (AvgIpc) is 2.46. The molecule has 3 rings (SSSR count). The fourth-order valence-electron chi connectivity index (χ4n) is 3.73. The number of aromatic nitrogens is 2. The van der Waals surface area contributed by atoms with Crippen molar-refractivity contribution >= 4 is 17.4 Å². The van der Waals surface area contributed by atoms with Crippen molar-refractivity contribution in [2.75, 3.05) is 18.0 Å². The highest BCUT2D eigenvalue weighted by Gasteiger charge is 2.43. The van der Waals surface area contributed by atoms with E-state index in [0.717, 1.165) is 63.3 Å². The van der Waals surface area contributed by atoms with Crippen LogP contribution >= 0.6 is 11.6 Å². The molecule has 5 heteroatoms. The average molecular weight is 310 g/mol. The second-order valence-electron chi connectivity index (χ2n) is 6.46. The fraction of sp³-hybridized carbons (Fsp3) is 0.750. The van der Waals surface area contributed by atoms with Crippen LogP contribution in [0.5, 0.6) is 0 Å². The number of nitrogens with zero attached hydrogens (tertiary/aromatic N) is 3. The summed E-state index contributed by atoms with van der Waals surface area (Å²) in [7, 11) is 0. The second kappa shape index (κ2) is 6.09. The molecule has 0 spiro atoms. The fourth-order valence-corrected chi connectivity index (χ4v) is 3.92. The van der Waals surface area contributed by atoms with E-state index < -0.39 is 5.60 Å². The Balaban J connectivity index is 1.78. The lowest BCUT2D eigenvalue weighted by Crippen LogP contribution is -2.53. The summed E-state index contributed by atoms with van der Waals surface area (Å²) in [4.78, 5) is 11.2. The number of aryl methyl sites for hydroxylation is 1. The molecule has 116 valence electrons. The minimum absolute atomic E-state index is 0.364. The summed E-state index contributed by atoms with van der Waals surface area (Å²) < 4.78 is 0. The number of anilines is 1. The first kappa shape index (κ1) is 15.0. The van der Waals surface area contributed by atoms with Gasteiger partial charge in [0, 0.05) is 31.5 Å². The summed E-state index contributed by atoms with van der Waals surface area (Å²) in [6.45, 7) is 3.86. The summed E-state index contributed by atoms with van der Waals surface area (Å²) in [5.41, 5.74) is -0.447. The largest absolute Gasteiger partial charge is 0.389 e. The number of hydrogen-bond donors (Lipinski definition) is 1. The van der Waals surface area contributed by atoms with E-state index >= 15 is 0 Å². The molecule has 2 aliphatic rings. The highest BCUT2D eigenvalue weighted by molar-refractivity contribution is 6.29. The van der Waals surface area contributed by atoms with Gasteiger partial charge in [0.05, 0.1) is 5.60 Å². The Labute approximate surface area is 131 Å². The maximum Gasteiger partial charge on any atom is 0.134 e. The molecule has 1 N–H and O–H groups in total. The first-order chi connectivity index (χ1) is 10.1. The van der Waals surface area contributed by atoms with Gasteiger partial charge in [-0.05, 0) is 25.7 Å². The zero-order valence-corrected chi connectivity index (χ0v) is 13.4. The van der Waals surface area contributed by atoms with Crippen LogP contribution in [0.15, 0.2) is 6.07 Å². The topological polar surface area (TPSA) is 49.2 Å². The van der Waals surface area contributed by atoms with Crippen LogP contribution in [0.25, 0.3) is 0 Å². The zero-order valence-electron chi connectivity index (χ0n) is 12.7. The third-order valence-electron chi connectivity index (χ3n) is 4.95. The molecule has 2 fully saturated rings. The van der Waals surface area contributed by atoms with Crippen LogP contribution < -0.4 is 4.90 Å². The van der Waals surface area contributed by atoms with Crippen molar-refractivity contribution in [2.24, 2.45) is 5.92 Å². The molecule has 1 aromatic heterocycles. The molecule has 2 unspecified atom stereocenters. The number of piperidine rings is 1. The molecule has 2 heterocycles. The van der Waals surface area contributed by atoms with Gasteiger partial charge in [-0.15, -0.1) is 0 Å². The lowest BCUT2D eigenvalue weighted by molar-refractivity contribution is -0.0613. The lowest BCUT2D eigenvalue weighted by atomic mass is 9.71. The van der Waals surface area contributed by atoms with Gasteiger partial charge in [0.25, 0.3) is 0 Å². The lowest BCUT2D eigenvalue weighted by Gasteiger charge is -2.47. The van der Waals surface area contributed by atoms with E-state index in [0.29, 0.717) is 11.1 Å². The van der Waals surface area contributed by atoms with Gasteiger partial charge in [-0.3, -0.25) is 0 Å². The molecule has 1 aliphatic carbocycles. The first-order valence-electron chi connectivity index (χ1n) is 8.11. The second-order valence-corrected chi connectivity index (χ2v) is 6.84. The molecule has 1 aliphatic heterocycles. The Hall–Kier alpha value is -0.870. The van der Waals surface area contributed by atoms with E-state index in [-0.39, 0.29) is 0 Å². The summed E-state index contributed by atoms with van der Waals surface area (Å²) in [5.74, 6) is 2.11. The molecule has 21 heavy (non-hydrogen) atoms. The molecular weight excluding hydrogens is 286 g/mol. The van der Waals surface area contributed by atoms with Crippen LogP contribution in [0.1, 0.15) is 51.3 Å². The Morgan fingerprint density at radius 3 is 3.05 bits per heavy atom. The molecule has 0 amide bonds. The highest BCUT2D eigenvalue weighted by Crippen LogP contribution is 2.40. The van der Waals surface area contributed by atoms with Crippen molar-refractivity contribution in [2.45, 2.75) is 57.5 Å². The van der Waals surface area contributed by atoms with Gasteiger partial charge in [-0.25, -0.2) is 9.97 Å². The monoisotopic (exact) mass is 309 g/mol. The van der Waals surface area contributed by atoms with Crippen LogP contribution in [0.3, 0.4) is 0 Å². The summed E-state index contributed by atoms with van der Waals surface area (Å²) in [5, 5.41) is 11.3. The predicted octanol–water partition coefficient (Wildman–Crippen LogP) is 3.21. The minimum Gasteiger partial charge on any atom is -0.389 e. The van der Waals surface area contributed by atoms with Crippen LogP contribution in [0, 0.1) is 5.92 Å². The predicted molar refractivity (Wildman–Crippen MR) is 84.8 cm³/mol. The van der Waals surface area contributed by atoms with Gasteiger partial charge in [-0.2, -0.15) is 0 Å². The molecule has 0 radical (unpaired) electrons. The third-order valence-corrected chi connectivity index (χ3v) is 5.15. The van der Waals surface area contributed by atoms with E-state index in [9.17, 15) is 5.11 Å². The molecule has 0 aromatic carbocycles. The zero-order chi connectivity index (χ0) is 14.9. The normalized spacial score (nSPS) is 29.3. The Morgan fingerprint density at radius 2 is 2.24 bits per heavy atom. The SMILES string of the molecule is CCCc1nc(Cl)cc(N2CCC3(O)CCCCC3C2)n1. The van der Waals surface area contributed by atoms with Crippen molar-refractivity contribution in [3.05, 3.63) is 17.0 Å². The Bertz CT molecular complexity index is 510. The van der Waals surface area contributed by atoms with E-state index in [1.807, 2.05) is 6.07 Å². The molecular formula is C16H24ClN3O. The van der Waals surface area contributed by atoms with Crippen molar-refractivity contribution in [1.29, 1.82) is 0 Å². The van der Waals surface area contributed by atoms with Gasteiger partial charge in [-0.1, -0.05) is 31.4 Å². The maximum absolute atomic E-state index is 10.8. The summed E-state index contributed by atoms with van der Waals surface area (Å²) in [6.07, 6.45) is 7.17. The van der Waals surface area contributed by atoms with E-state index in [4.69, 9.17) is 11.6 Å². The summed E-state index contributed by atoms with van der Waals surface area (Å²) in [6, 6.07) is 1.86. The van der Waals surface area contributed by atoms with Crippen LogP contribution in [-0.4, -0.2) is 33.8 Å². The Kier molecular flexibility index (Phi) is 4.36. The van der Waals surface area contributed by atoms with Crippen molar-refractivity contribution in [3.63, 3.8) is 0 Å². The van der Waals surface area contributed by atoms with Crippen molar-refractivity contribution in [1.82, 2.24) is 9.97 Å². The maximum atomic E-state index is 10.8. The quantitative estimate of drug-likeness (QED) is 0.871. The molecule has 1 saturated carbocycles. The number of fused-ring (bicyclic) bond motifs is 1. The molecule has 1 aromatic rings. The third kappa shape index (κ3) is 3.16. The summed E-state index contributed by atoms with van der Waals surface area (Å²) >= 11 is 6.14. The number of hydrogen-bond acceptors (Lipinski definition) is 4. The van der Waals surface area contributed by atoms with Crippen LogP contribution in [0.4, 0.5) is 5.82 Å². The first-order valence-corrected chi connectivity index (χ1v) is 8.49. The smallest absolute Gasteiger partial charge is 0.134 e.